The van der Waals surface area contributed by atoms with Crippen LogP contribution >= 0.6 is 11.6 Å². The van der Waals surface area contributed by atoms with Gasteiger partial charge in [0.1, 0.15) is 0 Å². The molecule has 66 valence electrons. The number of rotatable bonds is 1. The van der Waals surface area contributed by atoms with Crippen molar-refractivity contribution >= 4 is 11.6 Å². The molecule has 2 aromatic carbocycles. The molecule has 0 radical (unpaired) electrons. The first-order chi connectivity index (χ1) is 5.93. The third-order valence-electron chi connectivity index (χ3n) is 1.44. The smallest absolute Gasteiger partial charge is 0.214 e. The Labute approximate surface area is 99.1 Å². The molecule has 0 atom stereocenters. The van der Waals surface area contributed by atoms with Gasteiger partial charge in [-0.2, -0.15) is 30.3 Å². The molecule has 0 aliphatic carbocycles. The van der Waals surface area contributed by atoms with Crippen LogP contribution in [0.25, 0.3) is 0 Å². The zero-order chi connectivity index (χ0) is 8.65. The van der Waals surface area contributed by atoms with Crippen LogP contribution in [0.5, 0.6) is 0 Å². The zero-order valence-corrected chi connectivity index (χ0v) is 9.60. The Morgan fingerprint density at radius 2 is 1.54 bits per heavy atom. The second kappa shape index (κ2) is 8.31. The van der Waals surface area contributed by atoms with Crippen LogP contribution in [0.15, 0.2) is 54.6 Å². The van der Waals surface area contributed by atoms with Gasteiger partial charge >= 0.3 is 21.7 Å². The number of alkyl halides is 1. The zero-order valence-electron chi connectivity index (χ0n) is 7.28. The standard InChI is InChI=1S/C6H6Cl.C5H5.Ti/c7-5-6-3-1-2-4-6;1-2-4-5-3-1;/h1-4H,5H2;1-5H;/q2*-1;+2. The van der Waals surface area contributed by atoms with Crippen molar-refractivity contribution in [2.45, 2.75) is 5.88 Å². The van der Waals surface area contributed by atoms with Gasteiger partial charge in [-0.25, -0.2) is 24.3 Å². The predicted octanol–water partition coefficient (Wildman–Crippen LogP) is 3.55. The second-order valence-electron chi connectivity index (χ2n) is 2.39. The summed E-state index contributed by atoms with van der Waals surface area (Å²) in [5, 5.41) is 0. The molecule has 0 amide bonds. The fourth-order valence-electron chi connectivity index (χ4n) is 0.824. The van der Waals surface area contributed by atoms with Crippen LogP contribution in [-0.4, -0.2) is 0 Å². The topological polar surface area (TPSA) is 0 Å². The molecule has 0 nitrogen and oxygen atoms in total. The molecule has 0 heterocycles. The number of halogens is 1. The third kappa shape index (κ3) is 5.87. The van der Waals surface area contributed by atoms with Crippen LogP contribution in [-0.2, 0) is 27.6 Å². The van der Waals surface area contributed by atoms with E-state index in [4.69, 9.17) is 11.6 Å². The Hall–Kier alpha value is -0.296. The van der Waals surface area contributed by atoms with Gasteiger partial charge in [0, 0.05) is 5.88 Å². The van der Waals surface area contributed by atoms with E-state index in [0.29, 0.717) is 5.88 Å². The summed E-state index contributed by atoms with van der Waals surface area (Å²) in [5.74, 6) is 0.632. The summed E-state index contributed by atoms with van der Waals surface area (Å²) >= 11 is 5.47. The van der Waals surface area contributed by atoms with Crippen molar-refractivity contribution in [1.29, 1.82) is 0 Å². The van der Waals surface area contributed by atoms with E-state index in [1.807, 2.05) is 54.6 Å². The van der Waals surface area contributed by atoms with Crippen molar-refractivity contribution in [2.75, 3.05) is 0 Å². The van der Waals surface area contributed by atoms with Crippen LogP contribution in [0.1, 0.15) is 5.56 Å². The van der Waals surface area contributed by atoms with Gasteiger partial charge in [0.2, 0.25) is 0 Å². The molecule has 0 aliphatic rings. The summed E-state index contributed by atoms with van der Waals surface area (Å²) in [6, 6.07) is 18.0. The Kier molecular flexibility index (Phi) is 8.12. The number of hydrogen-bond donors (Lipinski definition) is 0. The summed E-state index contributed by atoms with van der Waals surface area (Å²) in [6.07, 6.45) is 0. The molecule has 2 heteroatoms. The van der Waals surface area contributed by atoms with Gasteiger partial charge in [0.15, 0.2) is 0 Å². The average Bonchev–Trinajstić information content (AvgIpc) is 2.81. The largest absolute Gasteiger partial charge is 2.00 e. The normalized spacial score (nSPS) is 8.08. The Morgan fingerprint density at radius 1 is 1.00 bits per heavy atom. The molecule has 0 unspecified atom stereocenters. The minimum absolute atomic E-state index is 0. The van der Waals surface area contributed by atoms with Gasteiger partial charge in [-0.15, -0.1) is 17.2 Å². The van der Waals surface area contributed by atoms with E-state index in [1.165, 1.54) is 5.56 Å². The molecule has 0 saturated carbocycles. The van der Waals surface area contributed by atoms with Crippen LogP contribution in [0.3, 0.4) is 0 Å². The number of hydrogen-bond acceptors (Lipinski definition) is 0. The molecule has 0 aliphatic heterocycles. The average molecular weight is 227 g/mol. The fourth-order valence-corrected chi connectivity index (χ4v) is 1.00. The van der Waals surface area contributed by atoms with E-state index < -0.39 is 0 Å². The first-order valence-corrected chi connectivity index (χ1v) is 4.40. The van der Waals surface area contributed by atoms with Crippen molar-refractivity contribution < 1.29 is 21.7 Å². The van der Waals surface area contributed by atoms with E-state index >= 15 is 0 Å². The van der Waals surface area contributed by atoms with Crippen LogP contribution in [0.4, 0.5) is 0 Å². The molecule has 13 heavy (non-hydrogen) atoms. The van der Waals surface area contributed by atoms with E-state index in [0.717, 1.165) is 0 Å². The molecule has 0 aromatic heterocycles. The third-order valence-corrected chi connectivity index (χ3v) is 1.75. The van der Waals surface area contributed by atoms with Gasteiger partial charge in [-0.05, 0) is 0 Å². The second-order valence-corrected chi connectivity index (χ2v) is 2.66. The Balaban J connectivity index is 0.000000215. The predicted molar refractivity (Wildman–Crippen MR) is 53.6 cm³/mol. The summed E-state index contributed by atoms with van der Waals surface area (Å²) in [5.41, 5.74) is 1.20. The van der Waals surface area contributed by atoms with Crippen molar-refractivity contribution in [1.82, 2.24) is 0 Å². The van der Waals surface area contributed by atoms with E-state index in [9.17, 15) is 0 Å². The Bertz CT molecular complexity index is 241. The van der Waals surface area contributed by atoms with E-state index in [2.05, 4.69) is 0 Å². The van der Waals surface area contributed by atoms with Gasteiger partial charge in [0.05, 0.1) is 0 Å². The molecule has 0 N–H and O–H groups in total. The maximum absolute atomic E-state index is 5.47. The van der Waals surface area contributed by atoms with Crippen LogP contribution < -0.4 is 0 Å². The monoisotopic (exact) mass is 226 g/mol. The first-order valence-electron chi connectivity index (χ1n) is 3.86. The fraction of sp³-hybridized carbons (Fsp3) is 0.0909. The van der Waals surface area contributed by atoms with Crippen LogP contribution in [0, 0.1) is 0 Å². The molecular formula is C11H11ClTi. The Morgan fingerprint density at radius 3 is 1.77 bits per heavy atom. The molecule has 0 fully saturated rings. The quantitative estimate of drug-likeness (QED) is 0.396. The molecule has 2 rings (SSSR count). The van der Waals surface area contributed by atoms with Crippen molar-refractivity contribution in [3.05, 3.63) is 60.2 Å². The maximum atomic E-state index is 5.47. The minimum Gasteiger partial charge on any atom is -0.214 e. The first kappa shape index (κ1) is 12.7. The van der Waals surface area contributed by atoms with Crippen molar-refractivity contribution in [2.24, 2.45) is 0 Å². The van der Waals surface area contributed by atoms with Gasteiger partial charge in [-0.3, -0.25) is 0 Å². The maximum Gasteiger partial charge on any atom is 2.00 e. The minimum atomic E-state index is 0. The molecule has 2 aromatic rings. The van der Waals surface area contributed by atoms with Gasteiger partial charge < -0.3 is 0 Å². The molecule has 0 saturated heterocycles. The van der Waals surface area contributed by atoms with Crippen LogP contribution in [0.2, 0.25) is 0 Å². The van der Waals surface area contributed by atoms with Crippen molar-refractivity contribution in [3.8, 4) is 0 Å². The summed E-state index contributed by atoms with van der Waals surface area (Å²) in [4.78, 5) is 0. The molecule has 0 spiro atoms. The SMILES string of the molecule is ClC[c-]1cccc1.[Ti+2].c1cc[cH-]c1. The summed E-state index contributed by atoms with van der Waals surface area (Å²) in [6.45, 7) is 0. The molecular weight excluding hydrogens is 215 g/mol. The molecule has 0 bridgehead atoms. The van der Waals surface area contributed by atoms with Crippen molar-refractivity contribution in [3.63, 3.8) is 0 Å². The van der Waals surface area contributed by atoms with E-state index in [-0.39, 0.29) is 21.7 Å². The summed E-state index contributed by atoms with van der Waals surface area (Å²) in [7, 11) is 0. The van der Waals surface area contributed by atoms with Gasteiger partial charge in [-0.1, -0.05) is 0 Å². The summed E-state index contributed by atoms with van der Waals surface area (Å²) < 4.78 is 0. The van der Waals surface area contributed by atoms with Gasteiger partial charge in [0.25, 0.3) is 0 Å². The van der Waals surface area contributed by atoms with E-state index in [1.54, 1.807) is 0 Å².